The first-order valence-corrected chi connectivity index (χ1v) is 10.7. The second-order valence-electron chi connectivity index (χ2n) is 8.14. The lowest BCUT2D eigenvalue weighted by molar-refractivity contribution is -0.138. The Morgan fingerprint density at radius 1 is 1.24 bits per heavy atom. The molecule has 5 rings (SSSR count). The predicted octanol–water partition coefficient (Wildman–Crippen LogP) is 3.31. The van der Waals surface area contributed by atoms with Gasteiger partial charge in [0.2, 0.25) is 5.91 Å². The third-order valence-corrected chi connectivity index (χ3v) is 5.71. The lowest BCUT2D eigenvalue weighted by Crippen LogP contribution is -2.42. The van der Waals surface area contributed by atoms with Crippen molar-refractivity contribution in [1.29, 1.82) is 0 Å². The van der Waals surface area contributed by atoms with E-state index >= 15 is 0 Å². The number of anilines is 1. The Kier molecular flexibility index (Phi) is 5.42. The van der Waals surface area contributed by atoms with Crippen LogP contribution in [0.1, 0.15) is 19.0 Å². The Labute approximate surface area is 191 Å². The molecule has 5 heterocycles. The number of alkyl halides is 3. The molecule has 1 atom stereocenters. The largest absolute Gasteiger partial charge is 0.405 e. The van der Waals surface area contributed by atoms with E-state index in [-0.39, 0.29) is 5.82 Å². The Hall–Kier alpha value is -3.96. The summed E-state index contributed by atoms with van der Waals surface area (Å²) in [6.07, 6.45) is 6.00. The van der Waals surface area contributed by atoms with Crippen molar-refractivity contribution in [2.75, 3.05) is 11.9 Å². The number of fused-ring (bicyclic) bond motifs is 2. The van der Waals surface area contributed by atoms with Crippen LogP contribution in [0, 0.1) is 0 Å². The molecule has 0 aliphatic carbocycles. The van der Waals surface area contributed by atoms with Crippen LogP contribution in [0.2, 0.25) is 0 Å². The minimum atomic E-state index is -4.48. The molecule has 0 unspecified atom stereocenters. The van der Waals surface area contributed by atoms with Gasteiger partial charge >= 0.3 is 6.18 Å². The average Bonchev–Trinajstić information content (AvgIpc) is 3.52. The van der Waals surface area contributed by atoms with Gasteiger partial charge in [0.05, 0.1) is 24.3 Å². The smallest absolute Gasteiger partial charge is 0.357 e. The Balaban J connectivity index is 1.40. The molecule has 0 aromatic carbocycles. The first-order valence-electron chi connectivity index (χ1n) is 10.7. The van der Waals surface area contributed by atoms with Crippen molar-refractivity contribution in [3.8, 4) is 22.4 Å². The molecular weight excluding hydrogens is 449 g/mol. The number of amides is 1. The summed E-state index contributed by atoms with van der Waals surface area (Å²) < 4.78 is 39.1. The molecule has 176 valence electrons. The molecule has 1 aliphatic heterocycles. The minimum absolute atomic E-state index is 0.264. The third-order valence-electron chi connectivity index (χ3n) is 5.71. The molecule has 12 heteroatoms. The SMILES string of the molecule is C[C@@H](Nc1cncc(-c2c[nH]c3ncc(-c4cnn5c4CCC5)cc23)n1)C(=O)NCC(F)(F)F. The van der Waals surface area contributed by atoms with E-state index in [2.05, 4.69) is 30.4 Å². The quantitative estimate of drug-likeness (QED) is 0.399. The summed E-state index contributed by atoms with van der Waals surface area (Å²) in [5, 5.41) is 9.95. The van der Waals surface area contributed by atoms with Crippen molar-refractivity contribution in [1.82, 2.24) is 35.0 Å². The van der Waals surface area contributed by atoms with Gasteiger partial charge in [0.15, 0.2) is 0 Å². The minimum Gasteiger partial charge on any atom is -0.357 e. The van der Waals surface area contributed by atoms with Crippen molar-refractivity contribution in [3.63, 3.8) is 0 Å². The molecule has 0 fully saturated rings. The summed E-state index contributed by atoms with van der Waals surface area (Å²) in [4.78, 5) is 28.3. The summed E-state index contributed by atoms with van der Waals surface area (Å²) in [6.45, 7) is 0.976. The number of nitrogens with zero attached hydrogens (tertiary/aromatic N) is 5. The number of carbonyl (C=O) groups excluding carboxylic acids is 1. The molecule has 0 spiro atoms. The van der Waals surface area contributed by atoms with E-state index in [1.54, 1.807) is 12.4 Å². The van der Waals surface area contributed by atoms with Gasteiger partial charge in [-0.2, -0.15) is 18.3 Å². The van der Waals surface area contributed by atoms with Gasteiger partial charge in [0, 0.05) is 46.7 Å². The van der Waals surface area contributed by atoms with E-state index in [9.17, 15) is 18.0 Å². The molecule has 0 saturated carbocycles. The number of pyridine rings is 1. The van der Waals surface area contributed by atoms with Crippen molar-refractivity contribution < 1.29 is 18.0 Å². The molecule has 1 aliphatic rings. The number of nitrogens with one attached hydrogen (secondary N) is 3. The molecular formula is C22H21F3N8O. The van der Waals surface area contributed by atoms with Crippen LogP contribution < -0.4 is 10.6 Å². The van der Waals surface area contributed by atoms with Gasteiger partial charge in [-0.25, -0.2) is 9.97 Å². The van der Waals surface area contributed by atoms with Crippen molar-refractivity contribution in [3.05, 3.63) is 42.7 Å². The van der Waals surface area contributed by atoms with Gasteiger partial charge in [-0.05, 0) is 25.8 Å². The second kappa shape index (κ2) is 8.43. The van der Waals surface area contributed by atoms with Gasteiger partial charge in [0.25, 0.3) is 0 Å². The van der Waals surface area contributed by atoms with Crippen molar-refractivity contribution >= 4 is 22.8 Å². The van der Waals surface area contributed by atoms with E-state index in [1.807, 2.05) is 28.5 Å². The van der Waals surface area contributed by atoms with Gasteiger partial charge < -0.3 is 15.6 Å². The van der Waals surface area contributed by atoms with Crippen molar-refractivity contribution in [2.45, 2.75) is 38.5 Å². The van der Waals surface area contributed by atoms with Crippen LogP contribution in [0.4, 0.5) is 19.0 Å². The Bertz CT molecular complexity index is 1360. The second-order valence-corrected chi connectivity index (χ2v) is 8.14. The normalized spacial score (nSPS) is 14.2. The molecule has 4 aromatic heterocycles. The monoisotopic (exact) mass is 470 g/mol. The number of halogens is 3. The molecule has 4 aromatic rings. The number of aromatic nitrogens is 6. The van der Waals surface area contributed by atoms with E-state index in [4.69, 9.17) is 0 Å². The number of rotatable bonds is 6. The van der Waals surface area contributed by atoms with Crippen LogP contribution in [-0.2, 0) is 17.8 Å². The van der Waals surface area contributed by atoms with Crippen LogP contribution in [0.3, 0.4) is 0 Å². The van der Waals surface area contributed by atoms with E-state index in [0.29, 0.717) is 11.3 Å². The highest BCUT2D eigenvalue weighted by atomic mass is 19.4. The predicted molar refractivity (Wildman–Crippen MR) is 119 cm³/mol. The molecule has 1 amide bonds. The lowest BCUT2D eigenvalue weighted by atomic mass is 10.0. The fourth-order valence-corrected chi connectivity index (χ4v) is 4.06. The molecule has 3 N–H and O–H groups in total. The summed E-state index contributed by atoms with van der Waals surface area (Å²) in [5.41, 5.74) is 5.18. The number of aromatic amines is 1. The standard InChI is InChI=1S/C22H21F3N8O/c1-12(21(34)29-11-22(23,24)25)31-19-10-26-9-17(32-19)16-7-28-20-14(16)5-13(6-27-20)15-8-30-33-4-2-3-18(15)33/h5-10,12H,2-4,11H2,1H3,(H,27,28)(H,29,34)(H,31,32)/t12-/m1/s1. The zero-order valence-corrected chi connectivity index (χ0v) is 18.1. The fourth-order valence-electron chi connectivity index (χ4n) is 4.06. The number of aryl methyl sites for hydroxylation is 1. The zero-order valence-electron chi connectivity index (χ0n) is 18.1. The van der Waals surface area contributed by atoms with E-state index in [0.717, 1.165) is 41.5 Å². The molecule has 0 radical (unpaired) electrons. The maximum Gasteiger partial charge on any atom is 0.405 e. The average molecular weight is 470 g/mol. The summed E-state index contributed by atoms with van der Waals surface area (Å²) in [6, 6.07) is 1.09. The highest BCUT2D eigenvalue weighted by Crippen LogP contribution is 2.33. The van der Waals surface area contributed by atoms with Gasteiger partial charge in [-0.3, -0.25) is 14.5 Å². The van der Waals surface area contributed by atoms with Gasteiger partial charge in [-0.1, -0.05) is 0 Å². The van der Waals surface area contributed by atoms with Crippen LogP contribution in [0.15, 0.2) is 37.1 Å². The lowest BCUT2D eigenvalue weighted by Gasteiger charge is -2.15. The van der Waals surface area contributed by atoms with Gasteiger partial charge in [-0.15, -0.1) is 0 Å². The first-order chi connectivity index (χ1) is 16.3. The zero-order chi connectivity index (χ0) is 23.9. The van der Waals surface area contributed by atoms with Crippen LogP contribution >= 0.6 is 0 Å². The Morgan fingerprint density at radius 3 is 2.91 bits per heavy atom. The summed E-state index contributed by atoms with van der Waals surface area (Å²) in [5.74, 6) is -0.528. The van der Waals surface area contributed by atoms with E-state index < -0.39 is 24.7 Å². The van der Waals surface area contributed by atoms with Crippen LogP contribution in [-0.4, -0.2) is 54.4 Å². The first kappa shape index (κ1) is 21.9. The number of H-pyrrole nitrogens is 1. The highest BCUT2D eigenvalue weighted by Gasteiger charge is 2.28. The highest BCUT2D eigenvalue weighted by molar-refractivity contribution is 5.95. The fraction of sp³-hybridized carbons (Fsp3) is 0.318. The van der Waals surface area contributed by atoms with E-state index in [1.165, 1.54) is 18.8 Å². The maximum atomic E-state index is 12.4. The molecule has 0 saturated heterocycles. The molecule has 0 bridgehead atoms. The molecule has 34 heavy (non-hydrogen) atoms. The van der Waals surface area contributed by atoms with Crippen molar-refractivity contribution in [2.24, 2.45) is 0 Å². The summed E-state index contributed by atoms with van der Waals surface area (Å²) in [7, 11) is 0. The van der Waals surface area contributed by atoms with Crippen LogP contribution in [0.5, 0.6) is 0 Å². The maximum absolute atomic E-state index is 12.4. The number of carbonyl (C=O) groups is 1. The summed E-state index contributed by atoms with van der Waals surface area (Å²) >= 11 is 0. The van der Waals surface area contributed by atoms with Gasteiger partial charge in [0.1, 0.15) is 24.1 Å². The topological polar surface area (TPSA) is 113 Å². The number of hydrogen-bond acceptors (Lipinski definition) is 6. The molecule has 9 nitrogen and oxygen atoms in total. The Morgan fingerprint density at radius 2 is 2.09 bits per heavy atom. The number of hydrogen-bond donors (Lipinski definition) is 3. The van der Waals surface area contributed by atoms with Crippen LogP contribution in [0.25, 0.3) is 33.4 Å². The third kappa shape index (κ3) is 4.30.